The molecule has 1 N–H and O–H groups in total. The number of carbonyl (C=O) groups is 1. The molecule has 0 saturated carbocycles. The second-order valence-corrected chi connectivity index (χ2v) is 3.98. The molecule has 2 rings (SSSR count). The van der Waals surface area contributed by atoms with Gasteiger partial charge >= 0.3 is 5.97 Å². The van der Waals surface area contributed by atoms with Gasteiger partial charge in [0.05, 0.1) is 22.0 Å². The molecule has 0 aliphatic rings. The minimum absolute atomic E-state index is 0.165. The van der Waals surface area contributed by atoms with Gasteiger partial charge in [-0.1, -0.05) is 11.6 Å². The molecule has 0 aliphatic carbocycles. The molecule has 5 nitrogen and oxygen atoms in total. The van der Waals surface area contributed by atoms with Gasteiger partial charge in [0.25, 0.3) is 0 Å². The summed E-state index contributed by atoms with van der Waals surface area (Å²) in [6.45, 7) is 3.59. The molecule has 0 saturated heterocycles. The first-order valence-electron chi connectivity index (χ1n) is 4.92. The number of carboxylic acid groups (broad SMARTS) is 1. The van der Waals surface area contributed by atoms with Crippen LogP contribution < -0.4 is 0 Å². The Bertz CT molecular complexity index is 592. The summed E-state index contributed by atoms with van der Waals surface area (Å²) in [5, 5.41) is 13.7. The van der Waals surface area contributed by atoms with Crippen LogP contribution in [0.15, 0.2) is 18.3 Å². The fourth-order valence-electron chi connectivity index (χ4n) is 1.51. The maximum Gasteiger partial charge on any atom is 0.335 e. The number of carboxylic acids is 1. The van der Waals surface area contributed by atoms with Crippen LogP contribution in [0, 0.1) is 13.8 Å². The third-order valence-corrected chi connectivity index (χ3v) is 2.96. The maximum absolute atomic E-state index is 10.9. The van der Waals surface area contributed by atoms with Gasteiger partial charge in [0.2, 0.25) is 0 Å². The lowest BCUT2D eigenvalue weighted by Gasteiger charge is -2.03. The molecule has 0 spiro atoms. The van der Waals surface area contributed by atoms with Crippen LogP contribution in [0.2, 0.25) is 5.02 Å². The quantitative estimate of drug-likeness (QED) is 0.889. The molecule has 17 heavy (non-hydrogen) atoms. The minimum Gasteiger partial charge on any atom is -0.478 e. The molecular formula is C11H10ClN3O2. The number of aromatic nitrogens is 3. The highest BCUT2D eigenvalue weighted by molar-refractivity contribution is 6.31. The monoisotopic (exact) mass is 251 g/mol. The van der Waals surface area contributed by atoms with Crippen LogP contribution in [0.25, 0.3) is 5.82 Å². The lowest BCUT2D eigenvalue weighted by Crippen LogP contribution is -2.05. The predicted octanol–water partition coefficient (Wildman–Crippen LogP) is 2.24. The van der Waals surface area contributed by atoms with Gasteiger partial charge in [-0.05, 0) is 26.0 Å². The van der Waals surface area contributed by atoms with Gasteiger partial charge in [-0.15, -0.1) is 0 Å². The van der Waals surface area contributed by atoms with E-state index >= 15 is 0 Å². The summed E-state index contributed by atoms with van der Waals surface area (Å²) in [7, 11) is 0. The van der Waals surface area contributed by atoms with Crippen molar-refractivity contribution in [3.05, 3.63) is 40.3 Å². The summed E-state index contributed by atoms with van der Waals surface area (Å²) in [6.07, 6.45) is 1.43. The van der Waals surface area contributed by atoms with E-state index in [1.54, 1.807) is 13.8 Å². The average Bonchev–Trinajstić information content (AvgIpc) is 2.57. The Morgan fingerprint density at radius 3 is 2.71 bits per heavy atom. The van der Waals surface area contributed by atoms with E-state index in [2.05, 4.69) is 10.1 Å². The zero-order valence-corrected chi connectivity index (χ0v) is 10.1. The van der Waals surface area contributed by atoms with Crippen molar-refractivity contribution in [2.45, 2.75) is 13.8 Å². The first-order chi connectivity index (χ1) is 8.00. The van der Waals surface area contributed by atoms with Crippen LogP contribution in [-0.4, -0.2) is 25.8 Å². The minimum atomic E-state index is -0.999. The summed E-state index contributed by atoms with van der Waals surface area (Å²) in [6, 6.07) is 2.89. The summed E-state index contributed by atoms with van der Waals surface area (Å²) < 4.78 is 1.53. The molecule has 0 radical (unpaired) electrons. The highest BCUT2D eigenvalue weighted by atomic mass is 35.5. The summed E-state index contributed by atoms with van der Waals surface area (Å²) >= 11 is 6.02. The number of hydrogen-bond donors (Lipinski definition) is 1. The third kappa shape index (κ3) is 2.01. The highest BCUT2D eigenvalue weighted by Gasteiger charge is 2.13. The van der Waals surface area contributed by atoms with E-state index < -0.39 is 5.97 Å². The van der Waals surface area contributed by atoms with Gasteiger partial charge in [-0.2, -0.15) is 5.10 Å². The van der Waals surface area contributed by atoms with E-state index in [0.717, 1.165) is 5.69 Å². The van der Waals surface area contributed by atoms with E-state index in [0.29, 0.717) is 16.5 Å². The van der Waals surface area contributed by atoms with E-state index in [-0.39, 0.29) is 5.56 Å². The molecule has 88 valence electrons. The van der Waals surface area contributed by atoms with Gasteiger partial charge in [0, 0.05) is 6.20 Å². The van der Waals surface area contributed by atoms with Crippen molar-refractivity contribution in [2.24, 2.45) is 0 Å². The lowest BCUT2D eigenvalue weighted by molar-refractivity contribution is 0.0696. The number of rotatable bonds is 2. The van der Waals surface area contributed by atoms with Crippen molar-refractivity contribution in [2.75, 3.05) is 0 Å². The average molecular weight is 252 g/mol. The SMILES string of the molecule is Cc1nn(-c2cc(C(=O)O)ccn2)c(C)c1Cl. The van der Waals surface area contributed by atoms with Crippen molar-refractivity contribution in [3.63, 3.8) is 0 Å². The number of nitrogens with zero attached hydrogens (tertiary/aromatic N) is 3. The van der Waals surface area contributed by atoms with Crippen molar-refractivity contribution in [3.8, 4) is 5.82 Å². The predicted molar refractivity (Wildman–Crippen MR) is 62.8 cm³/mol. The Morgan fingerprint density at radius 2 is 2.18 bits per heavy atom. The molecule has 0 fully saturated rings. The Hall–Kier alpha value is -1.88. The lowest BCUT2D eigenvalue weighted by atomic mass is 10.2. The fraction of sp³-hybridized carbons (Fsp3) is 0.182. The van der Waals surface area contributed by atoms with Crippen molar-refractivity contribution >= 4 is 17.6 Å². The number of aryl methyl sites for hydroxylation is 1. The second kappa shape index (κ2) is 4.18. The van der Waals surface area contributed by atoms with E-state index in [1.165, 1.54) is 23.0 Å². The molecule has 0 atom stereocenters. The van der Waals surface area contributed by atoms with Gasteiger partial charge in [0.15, 0.2) is 5.82 Å². The number of aromatic carboxylic acids is 1. The standard InChI is InChI=1S/C11H10ClN3O2/c1-6-10(12)7(2)15(14-6)9-5-8(11(16)17)3-4-13-9/h3-5H,1-2H3,(H,16,17). The van der Waals surface area contributed by atoms with Crippen LogP contribution in [0.1, 0.15) is 21.7 Å². The van der Waals surface area contributed by atoms with Crippen LogP contribution in [0.4, 0.5) is 0 Å². The van der Waals surface area contributed by atoms with Crippen molar-refractivity contribution < 1.29 is 9.90 Å². The normalized spacial score (nSPS) is 10.5. The summed E-state index contributed by atoms with van der Waals surface area (Å²) in [5.41, 5.74) is 1.59. The highest BCUT2D eigenvalue weighted by Crippen LogP contribution is 2.21. The molecule has 0 unspecified atom stereocenters. The Labute approximate surface area is 103 Å². The van der Waals surface area contributed by atoms with Gasteiger partial charge in [-0.3, -0.25) is 0 Å². The second-order valence-electron chi connectivity index (χ2n) is 3.60. The van der Waals surface area contributed by atoms with Crippen LogP contribution in [0.5, 0.6) is 0 Å². The van der Waals surface area contributed by atoms with Crippen molar-refractivity contribution in [1.82, 2.24) is 14.8 Å². The number of hydrogen-bond acceptors (Lipinski definition) is 3. The van der Waals surface area contributed by atoms with E-state index in [9.17, 15) is 4.79 Å². The van der Waals surface area contributed by atoms with Gasteiger partial charge in [0.1, 0.15) is 0 Å². The summed E-state index contributed by atoms with van der Waals surface area (Å²) in [5.74, 6) is -0.557. The Kier molecular flexibility index (Phi) is 2.85. The molecule has 6 heteroatoms. The van der Waals surface area contributed by atoms with Crippen LogP contribution in [-0.2, 0) is 0 Å². The van der Waals surface area contributed by atoms with Gasteiger partial charge in [-0.25, -0.2) is 14.5 Å². The third-order valence-electron chi connectivity index (χ3n) is 2.41. The van der Waals surface area contributed by atoms with Crippen molar-refractivity contribution in [1.29, 1.82) is 0 Å². The number of pyridine rings is 1. The van der Waals surface area contributed by atoms with Crippen LogP contribution in [0.3, 0.4) is 0 Å². The largest absolute Gasteiger partial charge is 0.478 e. The molecule has 2 aromatic heterocycles. The zero-order chi connectivity index (χ0) is 12.6. The van der Waals surface area contributed by atoms with E-state index in [1.807, 2.05) is 0 Å². The first-order valence-corrected chi connectivity index (χ1v) is 5.30. The maximum atomic E-state index is 10.9. The van der Waals surface area contributed by atoms with Crippen LogP contribution >= 0.6 is 11.6 Å². The Morgan fingerprint density at radius 1 is 1.47 bits per heavy atom. The topological polar surface area (TPSA) is 68.0 Å². The molecular weight excluding hydrogens is 242 g/mol. The molecule has 2 heterocycles. The van der Waals surface area contributed by atoms with Gasteiger partial charge < -0.3 is 5.11 Å². The molecule has 0 aromatic carbocycles. The summed E-state index contributed by atoms with van der Waals surface area (Å²) in [4.78, 5) is 14.9. The van der Waals surface area contributed by atoms with E-state index in [4.69, 9.17) is 16.7 Å². The number of halogens is 1. The Balaban J connectivity index is 2.56. The zero-order valence-electron chi connectivity index (χ0n) is 9.31. The molecule has 0 aliphatic heterocycles. The smallest absolute Gasteiger partial charge is 0.335 e. The molecule has 0 amide bonds. The molecule has 2 aromatic rings. The fourth-order valence-corrected chi connectivity index (χ4v) is 1.63. The molecule has 0 bridgehead atoms. The first kappa shape index (κ1) is 11.6.